The fraction of sp³-hybridized carbons (Fsp3) is 0.227. The highest BCUT2D eigenvalue weighted by atomic mass is 32.2. The Hall–Kier alpha value is -2.64. The van der Waals surface area contributed by atoms with Crippen LogP contribution in [0.3, 0.4) is 0 Å². The van der Waals surface area contributed by atoms with Gasteiger partial charge in [-0.1, -0.05) is 48.2 Å². The quantitative estimate of drug-likeness (QED) is 0.472. The summed E-state index contributed by atoms with van der Waals surface area (Å²) in [5, 5.41) is 5.89. The monoisotopic (exact) mass is 421 g/mol. The number of hydrogen-bond donors (Lipinski definition) is 2. The molecule has 0 saturated heterocycles. The molecular weight excluding hydrogens is 402 g/mol. The summed E-state index contributed by atoms with van der Waals surface area (Å²) in [6, 6.07) is 14.0. The fourth-order valence-corrected chi connectivity index (χ4v) is 5.63. The largest absolute Gasteiger partial charge is 0.343 e. The van der Waals surface area contributed by atoms with Gasteiger partial charge in [-0.3, -0.25) is 9.59 Å². The van der Waals surface area contributed by atoms with Crippen LogP contribution >= 0.6 is 23.1 Å². The Morgan fingerprint density at radius 3 is 2.76 bits per heavy atom. The summed E-state index contributed by atoms with van der Waals surface area (Å²) >= 11 is 3.07. The molecule has 3 heterocycles. The molecule has 29 heavy (non-hydrogen) atoms. The fourth-order valence-electron chi connectivity index (χ4n) is 3.97. The number of nitrogens with zero attached hydrogens (tertiary/aromatic N) is 1. The molecular formula is C22H19N3O2S2. The van der Waals surface area contributed by atoms with Crippen molar-refractivity contribution in [2.45, 2.75) is 36.1 Å². The molecule has 0 spiro atoms. The molecule has 7 heteroatoms. The number of carbonyl (C=O) groups is 1. The number of nitrogens with one attached hydrogen (secondary N) is 2. The third kappa shape index (κ3) is 3.45. The molecule has 0 saturated carbocycles. The summed E-state index contributed by atoms with van der Waals surface area (Å²) in [5.41, 5.74) is 3.20. The number of hydrogen-bond acceptors (Lipinski definition) is 6. The van der Waals surface area contributed by atoms with Crippen LogP contribution in [0.1, 0.15) is 41.2 Å². The van der Waals surface area contributed by atoms with Crippen LogP contribution in [0.15, 0.2) is 69.1 Å². The lowest BCUT2D eigenvalue weighted by atomic mass is 9.79. The van der Waals surface area contributed by atoms with Crippen molar-refractivity contribution in [1.82, 2.24) is 9.97 Å². The van der Waals surface area contributed by atoms with E-state index in [4.69, 9.17) is 4.98 Å². The van der Waals surface area contributed by atoms with Crippen molar-refractivity contribution < 1.29 is 4.79 Å². The van der Waals surface area contributed by atoms with Crippen LogP contribution in [0.5, 0.6) is 0 Å². The van der Waals surface area contributed by atoms with Crippen LogP contribution in [0.25, 0.3) is 0 Å². The number of Topliss-reactive ketones (excluding diaryl/α,β-unsaturated/α-hetero) is 1. The molecule has 1 aromatic carbocycles. The first-order valence-electron chi connectivity index (χ1n) is 9.58. The average molecular weight is 422 g/mol. The molecule has 1 aliphatic heterocycles. The van der Waals surface area contributed by atoms with Gasteiger partial charge in [-0.25, -0.2) is 4.98 Å². The van der Waals surface area contributed by atoms with Gasteiger partial charge in [-0.15, -0.1) is 11.3 Å². The number of rotatable bonds is 4. The summed E-state index contributed by atoms with van der Waals surface area (Å²) in [6.45, 7) is 0. The Bertz CT molecular complexity index is 1150. The molecule has 0 radical (unpaired) electrons. The van der Waals surface area contributed by atoms with Crippen LogP contribution < -0.4 is 10.9 Å². The summed E-state index contributed by atoms with van der Waals surface area (Å²) < 4.78 is 0. The Kier molecular flexibility index (Phi) is 4.85. The zero-order valence-electron chi connectivity index (χ0n) is 15.6. The molecule has 1 unspecified atom stereocenters. The molecule has 1 atom stereocenters. The first-order chi connectivity index (χ1) is 14.2. The standard InChI is InChI=1S/C22H19N3O2S2/c26-15-9-4-8-14-17(15)18(16-10-5-11-28-16)19-20(23-14)24-22(25-21(19)27)29-12-13-6-2-1-3-7-13/h1-3,5-7,10-11,18H,4,8-9,12H2,(H2,23,24,25,27). The topological polar surface area (TPSA) is 74.8 Å². The minimum absolute atomic E-state index is 0.129. The average Bonchev–Trinajstić information content (AvgIpc) is 3.26. The Labute approximate surface area is 176 Å². The van der Waals surface area contributed by atoms with Crippen molar-refractivity contribution in [2.75, 3.05) is 5.32 Å². The smallest absolute Gasteiger partial charge is 0.257 e. The molecule has 2 N–H and O–H groups in total. The number of fused-ring (bicyclic) bond motifs is 1. The van der Waals surface area contributed by atoms with Crippen LogP contribution in [-0.2, 0) is 10.5 Å². The summed E-state index contributed by atoms with van der Waals surface area (Å²) in [7, 11) is 0. The minimum Gasteiger partial charge on any atom is -0.343 e. The first-order valence-corrected chi connectivity index (χ1v) is 11.4. The van der Waals surface area contributed by atoms with Gasteiger partial charge in [0, 0.05) is 28.3 Å². The molecule has 2 aromatic heterocycles. The Balaban J connectivity index is 1.55. The van der Waals surface area contributed by atoms with Crippen LogP contribution in [-0.4, -0.2) is 15.8 Å². The van der Waals surface area contributed by atoms with Gasteiger partial charge in [0.1, 0.15) is 5.82 Å². The number of carbonyl (C=O) groups excluding carboxylic acids is 1. The van der Waals surface area contributed by atoms with Crippen LogP contribution in [0.2, 0.25) is 0 Å². The van der Waals surface area contributed by atoms with Gasteiger partial charge in [0.05, 0.1) is 11.5 Å². The molecule has 3 aromatic rings. The van der Waals surface area contributed by atoms with E-state index in [1.807, 2.05) is 35.7 Å². The van der Waals surface area contributed by atoms with Crippen molar-refractivity contribution in [3.8, 4) is 0 Å². The highest BCUT2D eigenvalue weighted by Crippen LogP contribution is 2.44. The van der Waals surface area contributed by atoms with Crippen LogP contribution in [0, 0.1) is 0 Å². The van der Waals surface area contributed by atoms with E-state index in [0.29, 0.717) is 23.0 Å². The molecule has 0 bridgehead atoms. The van der Waals surface area contributed by atoms with E-state index in [0.717, 1.165) is 34.7 Å². The van der Waals surface area contributed by atoms with Crippen molar-refractivity contribution >= 4 is 34.7 Å². The normalized spacial score (nSPS) is 18.2. The van der Waals surface area contributed by atoms with Crippen LogP contribution in [0.4, 0.5) is 5.82 Å². The molecule has 146 valence electrons. The molecule has 2 aliphatic rings. The Morgan fingerprint density at radius 1 is 1.10 bits per heavy atom. The van der Waals surface area contributed by atoms with E-state index in [2.05, 4.69) is 22.4 Å². The van der Waals surface area contributed by atoms with Gasteiger partial charge in [-0.2, -0.15) is 0 Å². The first kappa shape index (κ1) is 18.4. The van der Waals surface area contributed by atoms with E-state index >= 15 is 0 Å². The molecule has 1 aliphatic carbocycles. The summed E-state index contributed by atoms with van der Waals surface area (Å²) in [6.07, 6.45) is 2.17. The molecule has 0 fully saturated rings. The third-order valence-electron chi connectivity index (χ3n) is 5.28. The van der Waals surface area contributed by atoms with Gasteiger partial charge in [0.2, 0.25) is 0 Å². The predicted molar refractivity (Wildman–Crippen MR) is 117 cm³/mol. The van der Waals surface area contributed by atoms with E-state index in [1.54, 1.807) is 11.3 Å². The second-order valence-corrected chi connectivity index (χ2v) is 9.09. The number of thiophene rings is 1. The summed E-state index contributed by atoms with van der Waals surface area (Å²) in [4.78, 5) is 34.5. The summed E-state index contributed by atoms with van der Waals surface area (Å²) in [5.74, 6) is 1.10. The number of anilines is 1. The third-order valence-corrected chi connectivity index (χ3v) is 7.16. The second-order valence-electron chi connectivity index (χ2n) is 7.15. The zero-order chi connectivity index (χ0) is 19.8. The number of H-pyrrole nitrogens is 1. The lowest BCUT2D eigenvalue weighted by Crippen LogP contribution is -2.32. The van der Waals surface area contributed by atoms with Gasteiger partial charge >= 0.3 is 0 Å². The predicted octanol–water partition coefficient (Wildman–Crippen LogP) is 4.69. The van der Waals surface area contributed by atoms with Gasteiger partial charge in [-0.05, 0) is 29.9 Å². The second kappa shape index (κ2) is 7.65. The maximum Gasteiger partial charge on any atom is 0.257 e. The molecule has 5 nitrogen and oxygen atoms in total. The van der Waals surface area contributed by atoms with E-state index in [9.17, 15) is 9.59 Å². The van der Waals surface area contributed by atoms with Gasteiger partial charge < -0.3 is 10.3 Å². The van der Waals surface area contributed by atoms with Gasteiger partial charge in [0.25, 0.3) is 5.56 Å². The highest BCUT2D eigenvalue weighted by Gasteiger charge is 2.38. The van der Waals surface area contributed by atoms with Crippen molar-refractivity contribution in [2.24, 2.45) is 0 Å². The number of aromatic amines is 1. The lowest BCUT2D eigenvalue weighted by molar-refractivity contribution is -0.116. The SMILES string of the molecule is O=C1CCCC2=C1C(c1cccs1)c1c(nc(SCc3ccccc3)[nH]c1=O)N2. The van der Waals surface area contributed by atoms with E-state index < -0.39 is 0 Å². The van der Waals surface area contributed by atoms with Crippen molar-refractivity contribution in [3.63, 3.8) is 0 Å². The van der Waals surface area contributed by atoms with E-state index in [-0.39, 0.29) is 17.3 Å². The van der Waals surface area contributed by atoms with Gasteiger partial charge in [0.15, 0.2) is 10.9 Å². The number of allylic oxidation sites excluding steroid dienone is 2. The minimum atomic E-state index is -0.335. The molecule has 5 rings (SSSR count). The number of ketones is 1. The highest BCUT2D eigenvalue weighted by molar-refractivity contribution is 7.98. The Morgan fingerprint density at radius 2 is 1.97 bits per heavy atom. The lowest BCUT2D eigenvalue weighted by Gasteiger charge is -2.32. The zero-order valence-corrected chi connectivity index (χ0v) is 17.2. The molecule has 0 amide bonds. The van der Waals surface area contributed by atoms with Crippen molar-refractivity contribution in [1.29, 1.82) is 0 Å². The van der Waals surface area contributed by atoms with E-state index in [1.165, 1.54) is 17.3 Å². The number of aromatic nitrogens is 2. The maximum absolute atomic E-state index is 13.1. The number of thioether (sulfide) groups is 1. The maximum atomic E-state index is 13.1. The number of benzene rings is 1. The van der Waals surface area contributed by atoms with Crippen molar-refractivity contribution in [3.05, 3.63) is 85.5 Å².